The molecular formula is C28H31NO4S. The molecule has 1 N–H and O–H groups in total. The maximum Gasteiger partial charge on any atom is 0.336 e. The Hall–Kier alpha value is -2.99. The molecule has 178 valence electrons. The predicted molar refractivity (Wildman–Crippen MR) is 135 cm³/mol. The van der Waals surface area contributed by atoms with Gasteiger partial charge in [0.1, 0.15) is 19.0 Å². The molecule has 1 heterocycles. The minimum Gasteiger partial charge on any atom is -0.490 e. The summed E-state index contributed by atoms with van der Waals surface area (Å²) in [5, 5.41) is 3.38. The van der Waals surface area contributed by atoms with Crippen molar-refractivity contribution in [2.75, 3.05) is 19.5 Å². The van der Waals surface area contributed by atoms with E-state index in [2.05, 4.69) is 19.2 Å². The van der Waals surface area contributed by atoms with Crippen LogP contribution in [0.3, 0.4) is 0 Å². The van der Waals surface area contributed by atoms with E-state index in [-0.39, 0.29) is 24.4 Å². The van der Waals surface area contributed by atoms with Crippen LogP contribution in [0.25, 0.3) is 0 Å². The number of rotatable bonds is 7. The number of dihydropyridines is 1. The second kappa shape index (κ2) is 10.1. The molecule has 0 fully saturated rings. The minimum atomic E-state index is -0.446. The first-order valence-corrected chi connectivity index (χ1v) is 12.7. The number of hydrogen-bond donors (Lipinski definition) is 1. The van der Waals surface area contributed by atoms with Gasteiger partial charge in [-0.25, -0.2) is 4.79 Å². The molecule has 0 radical (unpaired) electrons. The van der Waals surface area contributed by atoms with Gasteiger partial charge in [0, 0.05) is 34.2 Å². The number of allylic oxidation sites excluding steroid dienone is 3. The van der Waals surface area contributed by atoms with E-state index in [0.29, 0.717) is 17.6 Å². The lowest BCUT2D eigenvalue weighted by molar-refractivity contribution is -0.140. The van der Waals surface area contributed by atoms with Crippen LogP contribution >= 0.6 is 11.8 Å². The molecule has 0 unspecified atom stereocenters. The number of hydrogen-bond acceptors (Lipinski definition) is 6. The van der Waals surface area contributed by atoms with Gasteiger partial charge in [-0.3, -0.25) is 4.79 Å². The van der Waals surface area contributed by atoms with Gasteiger partial charge in [-0.15, -0.1) is 11.8 Å². The Morgan fingerprint density at radius 2 is 1.76 bits per heavy atom. The Kier molecular flexibility index (Phi) is 7.17. The Balaban J connectivity index is 1.60. The van der Waals surface area contributed by atoms with Crippen molar-refractivity contribution in [1.29, 1.82) is 0 Å². The van der Waals surface area contributed by atoms with Crippen molar-refractivity contribution in [1.82, 2.24) is 5.32 Å². The molecule has 1 aliphatic carbocycles. The Bertz CT molecular complexity index is 1130. The summed E-state index contributed by atoms with van der Waals surface area (Å²) in [5.41, 5.74) is 3.63. The van der Waals surface area contributed by atoms with E-state index in [9.17, 15) is 9.59 Å². The highest BCUT2D eigenvalue weighted by Crippen LogP contribution is 2.46. The summed E-state index contributed by atoms with van der Waals surface area (Å²) in [6, 6.07) is 17.5. The van der Waals surface area contributed by atoms with E-state index < -0.39 is 11.9 Å². The summed E-state index contributed by atoms with van der Waals surface area (Å²) in [6.45, 7) is 6.47. The molecule has 4 rings (SSSR count). The van der Waals surface area contributed by atoms with E-state index >= 15 is 0 Å². The van der Waals surface area contributed by atoms with Gasteiger partial charge >= 0.3 is 5.97 Å². The first-order valence-electron chi connectivity index (χ1n) is 11.5. The number of para-hydroxylation sites is 1. The highest BCUT2D eigenvalue weighted by Gasteiger charge is 2.43. The molecule has 2 aliphatic rings. The summed E-state index contributed by atoms with van der Waals surface area (Å²) >= 11 is 1.66. The van der Waals surface area contributed by atoms with Crippen molar-refractivity contribution in [2.45, 2.75) is 44.4 Å². The van der Waals surface area contributed by atoms with Crippen molar-refractivity contribution in [3.05, 3.63) is 82.7 Å². The second-order valence-corrected chi connectivity index (χ2v) is 10.4. The highest BCUT2D eigenvalue weighted by molar-refractivity contribution is 7.98. The molecule has 34 heavy (non-hydrogen) atoms. The molecule has 2 aromatic carbocycles. The van der Waals surface area contributed by atoms with Crippen molar-refractivity contribution < 1.29 is 19.1 Å². The summed E-state index contributed by atoms with van der Waals surface area (Å²) < 4.78 is 11.3. The monoisotopic (exact) mass is 477 g/mol. The standard InChI is InChI=1S/C28H31NO4S/c1-18-24(27(31)33-15-14-32-20-8-6-5-7-9-20)25(19-10-12-21(34-4)13-11-19)26-22(29-18)16-28(2,3)17-23(26)30/h5-13,25,29H,14-17H2,1-4H3/t25-/m0/s1. The van der Waals surface area contributed by atoms with Gasteiger partial charge in [0.15, 0.2) is 5.78 Å². The summed E-state index contributed by atoms with van der Waals surface area (Å²) in [7, 11) is 0. The van der Waals surface area contributed by atoms with Crippen LogP contribution in [0.2, 0.25) is 0 Å². The number of carbonyl (C=O) groups is 2. The zero-order valence-corrected chi connectivity index (χ0v) is 21.0. The van der Waals surface area contributed by atoms with Crippen LogP contribution in [-0.2, 0) is 14.3 Å². The number of nitrogens with one attached hydrogen (secondary N) is 1. The van der Waals surface area contributed by atoms with Crippen LogP contribution < -0.4 is 10.1 Å². The molecule has 0 saturated carbocycles. The van der Waals surface area contributed by atoms with Gasteiger partial charge in [0.05, 0.1) is 5.57 Å². The average Bonchev–Trinajstić information content (AvgIpc) is 2.80. The summed E-state index contributed by atoms with van der Waals surface area (Å²) in [4.78, 5) is 27.8. The lowest BCUT2D eigenvalue weighted by atomic mass is 9.68. The first-order chi connectivity index (χ1) is 16.3. The van der Waals surface area contributed by atoms with E-state index in [0.717, 1.165) is 34.0 Å². The van der Waals surface area contributed by atoms with E-state index in [1.807, 2.05) is 67.8 Å². The molecular weight excluding hydrogens is 446 g/mol. The lowest BCUT2D eigenvalue weighted by Crippen LogP contribution is -2.38. The second-order valence-electron chi connectivity index (χ2n) is 9.50. The fourth-order valence-electron chi connectivity index (χ4n) is 4.72. The van der Waals surface area contributed by atoms with Crippen molar-refractivity contribution in [2.24, 2.45) is 5.41 Å². The fourth-order valence-corrected chi connectivity index (χ4v) is 5.13. The van der Waals surface area contributed by atoms with Crippen LogP contribution in [0.15, 0.2) is 82.0 Å². The zero-order valence-electron chi connectivity index (χ0n) is 20.1. The van der Waals surface area contributed by atoms with Crippen molar-refractivity contribution in [3.8, 4) is 5.75 Å². The van der Waals surface area contributed by atoms with Crippen LogP contribution in [0.4, 0.5) is 0 Å². The molecule has 0 aromatic heterocycles. The molecule has 1 aliphatic heterocycles. The van der Waals surface area contributed by atoms with Crippen LogP contribution in [-0.4, -0.2) is 31.2 Å². The third-order valence-corrected chi connectivity index (χ3v) is 6.98. The number of ketones is 1. The van der Waals surface area contributed by atoms with Crippen molar-refractivity contribution in [3.63, 3.8) is 0 Å². The van der Waals surface area contributed by atoms with Crippen LogP contribution in [0.5, 0.6) is 5.75 Å². The number of benzene rings is 2. The molecule has 0 spiro atoms. The highest BCUT2D eigenvalue weighted by atomic mass is 32.2. The molecule has 2 aromatic rings. The quantitative estimate of drug-likeness (QED) is 0.317. The molecule has 5 nitrogen and oxygen atoms in total. The van der Waals surface area contributed by atoms with Gasteiger partial charge < -0.3 is 14.8 Å². The summed E-state index contributed by atoms with van der Waals surface area (Å²) in [6.07, 6.45) is 3.24. The Labute approximate surface area is 205 Å². The van der Waals surface area contributed by atoms with Crippen LogP contribution in [0, 0.1) is 5.41 Å². The lowest BCUT2D eigenvalue weighted by Gasteiger charge is -2.39. The molecule has 6 heteroatoms. The number of carbonyl (C=O) groups excluding carboxylic acids is 2. The number of Topliss-reactive ketones (excluding diaryl/α,β-unsaturated/α-hetero) is 1. The molecule has 0 amide bonds. The first kappa shape index (κ1) is 24.1. The van der Waals surface area contributed by atoms with Gasteiger partial charge in [0.2, 0.25) is 0 Å². The largest absolute Gasteiger partial charge is 0.490 e. The van der Waals surface area contributed by atoms with E-state index in [1.54, 1.807) is 11.8 Å². The zero-order chi connectivity index (χ0) is 24.3. The maximum atomic E-state index is 13.3. The van der Waals surface area contributed by atoms with Gasteiger partial charge in [-0.1, -0.05) is 44.2 Å². The fraction of sp³-hybridized carbons (Fsp3) is 0.357. The third kappa shape index (κ3) is 5.22. The third-order valence-electron chi connectivity index (χ3n) is 6.24. The molecule has 1 atom stereocenters. The number of ether oxygens (including phenoxy) is 2. The maximum absolute atomic E-state index is 13.3. The SMILES string of the molecule is CSc1ccc([C@H]2C(C(=O)OCCOc3ccccc3)=C(C)NC3=C2C(=O)CC(C)(C)C3)cc1. The van der Waals surface area contributed by atoms with Crippen molar-refractivity contribution >= 4 is 23.5 Å². The normalized spacial score (nSPS) is 19.4. The Morgan fingerprint density at radius 1 is 1.06 bits per heavy atom. The Morgan fingerprint density at radius 3 is 2.44 bits per heavy atom. The summed E-state index contributed by atoms with van der Waals surface area (Å²) in [5.74, 6) is -0.0590. The van der Waals surface area contributed by atoms with Crippen LogP contribution in [0.1, 0.15) is 45.1 Å². The molecule has 0 saturated heterocycles. The van der Waals surface area contributed by atoms with Gasteiger partial charge in [-0.05, 0) is 54.8 Å². The van der Waals surface area contributed by atoms with Gasteiger partial charge in [0.25, 0.3) is 0 Å². The number of esters is 1. The van der Waals surface area contributed by atoms with Gasteiger partial charge in [-0.2, -0.15) is 0 Å². The minimum absolute atomic E-state index is 0.0860. The smallest absolute Gasteiger partial charge is 0.336 e. The van der Waals surface area contributed by atoms with E-state index in [1.165, 1.54) is 0 Å². The average molecular weight is 478 g/mol. The predicted octanol–water partition coefficient (Wildman–Crippen LogP) is 5.63. The molecule has 0 bridgehead atoms. The topological polar surface area (TPSA) is 64.6 Å². The van der Waals surface area contributed by atoms with E-state index in [4.69, 9.17) is 9.47 Å². The number of thioether (sulfide) groups is 1.